The number of carbonyl (C=O) groups is 1. The molecule has 4 nitrogen and oxygen atoms in total. The van der Waals surface area contributed by atoms with E-state index in [1.165, 1.54) is 0 Å². The quantitative estimate of drug-likeness (QED) is 0.686. The molecule has 0 saturated carbocycles. The van der Waals surface area contributed by atoms with Crippen LogP contribution in [0.3, 0.4) is 0 Å². The zero-order valence-corrected chi connectivity index (χ0v) is 9.52. The zero-order valence-electron chi connectivity index (χ0n) is 9.52. The van der Waals surface area contributed by atoms with E-state index in [4.69, 9.17) is 5.73 Å². The molecule has 0 aliphatic carbocycles. The second-order valence-corrected chi connectivity index (χ2v) is 3.49. The van der Waals surface area contributed by atoms with Crippen LogP contribution in [0.25, 0.3) is 0 Å². The molecule has 6 heteroatoms. The smallest absolute Gasteiger partial charge is 0.221 e. The number of rotatable bonds is 5. The largest absolute Gasteiger partial charge is 0.399 e. The number of hydrogen-bond donors (Lipinski definition) is 3. The molecule has 94 valence electrons. The molecule has 0 saturated heterocycles. The summed E-state index contributed by atoms with van der Waals surface area (Å²) < 4.78 is 26.6. The summed E-state index contributed by atoms with van der Waals surface area (Å²) in [5.74, 6) is -1.70. The van der Waals surface area contributed by atoms with Crippen molar-refractivity contribution < 1.29 is 13.6 Å². The monoisotopic (exact) mass is 243 g/mol. The van der Waals surface area contributed by atoms with Gasteiger partial charge in [-0.15, -0.1) is 0 Å². The lowest BCUT2D eigenvalue weighted by Crippen LogP contribution is -2.25. The number of halogens is 2. The molecule has 0 unspecified atom stereocenters. The summed E-state index contributed by atoms with van der Waals surface area (Å²) >= 11 is 0. The second-order valence-electron chi connectivity index (χ2n) is 3.49. The van der Waals surface area contributed by atoms with Gasteiger partial charge < -0.3 is 16.4 Å². The molecule has 1 amide bonds. The van der Waals surface area contributed by atoms with E-state index < -0.39 is 11.6 Å². The number of benzene rings is 1. The van der Waals surface area contributed by atoms with Crippen LogP contribution in [0.15, 0.2) is 12.1 Å². The van der Waals surface area contributed by atoms with Crippen LogP contribution in [0.2, 0.25) is 0 Å². The van der Waals surface area contributed by atoms with Gasteiger partial charge in [-0.05, 0) is 19.1 Å². The summed E-state index contributed by atoms with van der Waals surface area (Å²) in [5, 5.41) is 5.12. The van der Waals surface area contributed by atoms with E-state index in [0.717, 1.165) is 12.1 Å². The minimum absolute atomic E-state index is 0.0225. The van der Waals surface area contributed by atoms with Crippen molar-refractivity contribution in [1.29, 1.82) is 0 Å². The van der Waals surface area contributed by atoms with E-state index in [-0.39, 0.29) is 30.2 Å². The van der Waals surface area contributed by atoms with Crippen molar-refractivity contribution in [2.45, 2.75) is 13.3 Å². The summed E-state index contributed by atoms with van der Waals surface area (Å²) in [6.07, 6.45) is 0.150. The first-order valence-electron chi connectivity index (χ1n) is 5.29. The van der Waals surface area contributed by atoms with Crippen molar-refractivity contribution in [3.05, 3.63) is 23.8 Å². The van der Waals surface area contributed by atoms with Gasteiger partial charge in [0.2, 0.25) is 5.91 Å². The van der Waals surface area contributed by atoms with Crippen molar-refractivity contribution in [3.63, 3.8) is 0 Å². The molecule has 17 heavy (non-hydrogen) atoms. The number of anilines is 2. The van der Waals surface area contributed by atoms with E-state index in [0.29, 0.717) is 6.54 Å². The van der Waals surface area contributed by atoms with Crippen LogP contribution in [0.4, 0.5) is 20.2 Å². The van der Waals surface area contributed by atoms with Crippen LogP contribution in [-0.4, -0.2) is 19.0 Å². The summed E-state index contributed by atoms with van der Waals surface area (Å²) in [6.45, 7) is 2.48. The molecule has 1 aromatic rings. The Balaban J connectivity index is 2.55. The van der Waals surface area contributed by atoms with Gasteiger partial charge in [-0.2, -0.15) is 0 Å². The van der Waals surface area contributed by atoms with E-state index in [2.05, 4.69) is 10.6 Å². The maximum Gasteiger partial charge on any atom is 0.221 e. The molecule has 0 spiro atoms. The third-order valence-electron chi connectivity index (χ3n) is 2.09. The standard InChI is InChI=1S/C11H15F2N3O/c1-2-15-10(17)3-4-16-11-8(12)5-7(14)6-9(11)13/h5-6,16H,2-4,14H2,1H3,(H,15,17). The molecule has 1 aromatic carbocycles. The van der Waals surface area contributed by atoms with Gasteiger partial charge in [0.05, 0.1) is 0 Å². The third kappa shape index (κ3) is 3.90. The number of nitrogens with two attached hydrogens (primary N) is 1. The van der Waals surface area contributed by atoms with Crippen molar-refractivity contribution in [2.75, 3.05) is 24.1 Å². The van der Waals surface area contributed by atoms with Gasteiger partial charge in [-0.3, -0.25) is 4.79 Å². The van der Waals surface area contributed by atoms with Crippen molar-refractivity contribution in [2.24, 2.45) is 0 Å². The topological polar surface area (TPSA) is 67.2 Å². The fourth-order valence-electron chi connectivity index (χ4n) is 1.35. The number of hydrogen-bond acceptors (Lipinski definition) is 3. The first-order valence-corrected chi connectivity index (χ1v) is 5.29. The molecule has 1 rings (SSSR count). The number of carbonyl (C=O) groups excluding carboxylic acids is 1. The Kier molecular flexibility index (Phi) is 4.68. The minimum Gasteiger partial charge on any atom is -0.399 e. The van der Waals surface area contributed by atoms with Crippen molar-refractivity contribution in [1.82, 2.24) is 5.32 Å². The van der Waals surface area contributed by atoms with E-state index >= 15 is 0 Å². The first-order chi connectivity index (χ1) is 8.04. The van der Waals surface area contributed by atoms with Gasteiger partial charge in [-0.25, -0.2) is 8.78 Å². The van der Waals surface area contributed by atoms with Gasteiger partial charge in [0, 0.05) is 25.2 Å². The Bertz CT molecular complexity index is 387. The Morgan fingerprint density at radius 3 is 2.47 bits per heavy atom. The highest BCUT2D eigenvalue weighted by Gasteiger charge is 2.10. The van der Waals surface area contributed by atoms with Crippen LogP contribution >= 0.6 is 0 Å². The maximum atomic E-state index is 13.3. The Morgan fingerprint density at radius 1 is 1.35 bits per heavy atom. The molecular weight excluding hydrogens is 228 g/mol. The number of amides is 1. The molecule has 0 bridgehead atoms. The van der Waals surface area contributed by atoms with Gasteiger partial charge in [0.15, 0.2) is 11.6 Å². The van der Waals surface area contributed by atoms with Gasteiger partial charge in [0.25, 0.3) is 0 Å². The normalized spacial score (nSPS) is 10.1. The predicted molar refractivity (Wildman–Crippen MR) is 62.6 cm³/mol. The molecule has 0 radical (unpaired) electrons. The highest BCUT2D eigenvalue weighted by atomic mass is 19.1. The van der Waals surface area contributed by atoms with Gasteiger partial charge in [0.1, 0.15) is 5.69 Å². The SMILES string of the molecule is CCNC(=O)CCNc1c(F)cc(N)cc1F. The first kappa shape index (κ1) is 13.2. The Labute approximate surface area is 98.2 Å². The number of nitrogens with one attached hydrogen (secondary N) is 2. The van der Waals surface area contributed by atoms with Crippen molar-refractivity contribution in [3.8, 4) is 0 Å². The molecule has 0 aliphatic rings. The molecule has 0 heterocycles. The lowest BCUT2D eigenvalue weighted by molar-refractivity contribution is -0.120. The average molecular weight is 243 g/mol. The summed E-state index contributed by atoms with van der Waals surface area (Å²) in [6, 6.07) is 2.05. The molecule has 0 fully saturated rings. The minimum atomic E-state index is -0.765. The van der Waals surface area contributed by atoms with Crippen LogP contribution in [0.5, 0.6) is 0 Å². The van der Waals surface area contributed by atoms with E-state index in [1.807, 2.05) is 0 Å². The zero-order chi connectivity index (χ0) is 12.8. The van der Waals surface area contributed by atoms with Crippen molar-refractivity contribution >= 4 is 17.3 Å². The van der Waals surface area contributed by atoms with E-state index in [9.17, 15) is 13.6 Å². The molecule has 4 N–H and O–H groups in total. The summed E-state index contributed by atoms with van der Waals surface area (Å²) in [5.41, 5.74) is 5.03. The molecule has 0 atom stereocenters. The van der Waals surface area contributed by atoms with Crippen LogP contribution in [-0.2, 0) is 4.79 Å². The van der Waals surface area contributed by atoms with Crippen LogP contribution in [0, 0.1) is 11.6 Å². The fourth-order valence-corrected chi connectivity index (χ4v) is 1.35. The molecule has 0 aliphatic heterocycles. The van der Waals surface area contributed by atoms with Crippen LogP contribution < -0.4 is 16.4 Å². The second kappa shape index (κ2) is 6.03. The Morgan fingerprint density at radius 2 is 1.94 bits per heavy atom. The fraction of sp³-hybridized carbons (Fsp3) is 0.364. The lowest BCUT2D eigenvalue weighted by Gasteiger charge is -2.09. The third-order valence-corrected chi connectivity index (χ3v) is 2.09. The highest BCUT2D eigenvalue weighted by Crippen LogP contribution is 2.21. The average Bonchev–Trinajstić information content (AvgIpc) is 2.22. The van der Waals surface area contributed by atoms with Gasteiger partial charge >= 0.3 is 0 Å². The van der Waals surface area contributed by atoms with E-state index in [1.54, 1.807) is 6.92 Å². The van der Waals surface area contributed by atoms with Gasteiger partial charge in [-0.1, -0.05) is 0 Å². The van der Waals surface area contributed by atoms with Crippen LogP contribution in [0.1, 0.15) is 13.3 Å². The maximum absolute atomic E-state index is 13.3. The number of nitrogen functional groups attached to an aromatic ring is 1. The predicted octanol–water partition coefficient (Wildman–Crippen LogP) is 1.49. The molecule has 0 aromatic heterocycles. The summed E-state index contributed by atoms with van der Waals surface area (Å²) in [7, 11) is 0. The Hall–Kier alpha value is -1.85. The lowest BCUT2D eigenvalue weighted by atomic mass is 10.2. The highest BCUT2D eigenvalue weighted by molar-refractivity contribution is 5.76. The molecular formula is C11H15F2N3O. The summed E-state index contributed by atoms with van der Waals surface area (Å²) in [4.78, 5) is 11.1.